The summed E-state index contributed by atoms with van der Waals surface area (Å²) < 4.78 is 42.6. The van der Waals surface area contributed by atoms with Crippen LogP contribution in [0.4, 0.5) is 18.9 Å². The van der Waals surface area contributed by atoms with E-state index in [1.54, 1.807) is 0 Å². The molecule has 5 nitrogen and oxygen atoms in total. The number of hydrogen-bond acceptors (Lipinski definition) is 4. The molecule has 1 saturated carbocycles. The van der Waals surface area contributed by atoms with Crippen LogP contribution >= 0.6 is 11.8 Å². The number of rotatable bonds is 6. The van der Waals surface area contributed by atoms with Crippen LogP contribution in [0.2, 0.25) is 0 Å². The molecule has 0 atom stereocenters. The minimum atomic E-state index is -4.74. The molecule has 0 spiro atoms. The molecule has 3 rings (SSSR count). The van der Waals surface area contributed by atoms with E-state index in [0.717, 1.165) is 41.5 Å². The van der Waals surface area contributed by atoms with Gasteiger partial charge in [0.25, 0.3) is 0 Å². The number of anilines is 1. The molecule has 0 aliphatic heterocycles. The van der Waals surface area contributed by atoms with Gasteiger partial charge >= 0.3 is 6.36 Å². The van der Waals surface area contributed by atoms with E-state index < -0.39 is 6.36 Å². The SMILES string of the molecule is Cc1nc(SCC(=O)Nc2ccc(OC(F)(F)F)cc2)n(C2CCCC2)c1C. The zero-order valence-electron chi connectivity index (χ0n) is 15.7. The number of carbonyl (C=O) groups is 1. The Balaban J connectivity index is 1.58. The summed E-state index contributed by atoms with van der Waals surface area (Å²) in [5.41, 5.74) is 2.51. The Labute approximate surface area is 165 Å². The molecular weight excluding hydrogens is 391 g/mol. The van der Waals surface area contributed by atoms with Crippen LogP contribution in [-0.2, 0) is 4.79 Å². The summed E-state index contributed by atoms with van der Waals surface area (Å²) in [4.78, 5) is 16.8. The largest absolute Gasteiger partial charge is 0.573 e. The summed E-state index contributed by atoms with van der Waals surface area (Å²) in [5.74, 6) is -0.404. The van der Waals surface area contributed by atoms with Crippen molar-refractivity contribution >= 4 is 23.4 Å². The number of imidazole rings is 1. The van der Waals surface area contributed by atoms with Gasteiger partial charge in [-0.2, -0.15) is 0 Å². The lowest BCUT2D eigenvalue weighted by molar-refractivity contribution is -0.274. The van der Waals surface area contributed by atoms with Gasteiger partial charge in [-0.15, -0.1) is 13.2 Å². The Hall–Kier alpha value is -2.16. The summed E-state index contributed by atoms with van der Waals surface area (Å²) in [6.45, 7) is 4.02. The molecule has 0 unspecified atom stereocenters. The van der Waals surface area contributed by atoms with Crippen molar-refractivity contribution in [3.8, 4) is 5.75 Å². The Morgan fingerprint density at radius 3 is 2.50 bits per heavy atom. The smallest absolute Gasteiger partial charge is 0.406 e. The van der Waals surface area contributed by atoms with Gasteiger partial charge in [0.05, 0.1) is 11.4 Å². The van der Waals surface area contributed by atoms with Crippen LogP contribution in [0, 0.1) is 13.8 Å². The maximum atomic E-state index is 12.2. The predicted octanol–water partition coefficient (Wildman–Crippen LogP) is 5.24. The van der Waals surface area contributed by atoms with Crippen molar-refractivity contribution in [2.75, 3.05) is 11.1 Å². The zero-order chi connectivity index (χ0) is 20.3. The highest BCUT2D eigenvalue weighted by molar-refractivity contribution is 7.99. The Morgan fingerprint density at radius 1 is 1.25 bits per heavy atom. The lowest BCUT2D eigenvalue weighted by Gasteiger charge is -2.17. The maximum absolute atomic E-state index is 12.2. The molecule has 0 saturated heterocycles. The average molecular weight is 413 g/mol. The summed E-state index contributed by atoms with van der Waals surface area (Å²) in [7, 11) is 0. The Kier molecular flexibility index (Phi) is 6.22. The third kappa shape index (κ3) is 5.21. The first-order chi connectivity index (χ1) is 13.2. The van der Waals surface area contributed by atoms with Crippen molar-refractivity contribution in [1.29, 1.82) is 0 Å². The number of nitrogens with one attached hydrogen (secondary N) is 1. The van der Waals surface area contributed by atoms with E-state index >= 15 is 0 Å². The number of halogens is 3. The molecule has 1 heterocycles. The summed E-state index contributed by atoms with van der Waals surface area (Å²) in [6, 6.07) is 5.51. The lowest BCUT2D eigenvalue weighted by atomic mass is 10.2. The first-order valence-corrected chi connectivity index (χ1v) is 10.1. The molecule has 1 aliphatic rings. The van der Waals surface area contributed by atoms with Crippen molar-refractivity contribution in [2.45, 2.75) is 57.1 Å². The van der Waals surface area contributed by atoms with Gasteiger partial charge in [0.1, 0.15) is 5.75 Å². The molecule has 2 aromatic rings. The minimum Gasteiger partial charge on any atom is -0.406 e. The molecule has 1 fully saturated rings. The molecule has 9 heteroatoms. The second-order valence-corrected chi connectivity index (χ2v) is 7.73. The van der Waals surface area contributed by atoms with Crippen molar-refractivity contribution < 1.29 is 22.7 Å². The second kappa shape index (κ2) is 8.46. The monoisotopic (exact) mass is 413 g/mol. The van der Waals surface area contributed by atoms with Crippen LogP contribution < -0.4 is 10.1 Å². The molecule has 1 aliphatic carbocycles. The third-order valence-electron chi connectivity index (χ3n) is 4.75. The van der Waals surface area contributed by atoms with E-state index in [9.17, 15) is 18.0 Å². The average Bonchev–Trinajstić information content (AvgIpc) is 3.22. The number of carbonyl (C=O) groups excluding carboxylic acids is 1. The number of aromatic nitrogens is 2. The molecule has 152 valence electrons. The van der Waals surface area contributed by atoms with Gasteiger partial charge < -0.3 is 14.6 Å². The number of alkyl halides is 3. The van der Waals surface area contributed by atoms with Gasteiger partial charge in [0, 0.05) is 17.4 Å². The normalized spacial score (nSPS) is 15.0. The maximum Gasteiger partial charge on any atom is 0.573 e. The number of benzene rings is 1. The molecular formula is C19H22F3N3O2S. The highest BCUT2D eigenvalue weighted by Crippen LogP contribution is 2.35. The highest BCUT2D eigenvalue weighted by atomic mass is 32.2. The molecule has 0 radical (unpaired) electrons. The van der Waals surface area contributed by atoms with Gasteiger partial charge in [-0.1, -0.05) is 24.6 Å². The van der Waals surface area contributed by atoms with E-state index in [-0.39, 0.29) is 17.4 Å². The van der Waals surface area contributed by atoms with Gasteiger partial charge in [0.15, 0.2) is 5.16 Å². The van der Waals surface area contributed by atoms with Gasteiger partial charge in [0.2, 0.25) is 5.91 Å². The standard InChI is InChI=1S/C19H22F3N3O2S/c1-12-13(2)25(15-5-3-4-6-15)18(23-12)28-11-17(26)24-14-7-9-16(10-8-14)27-19(20,21)22/h7-10,15H,3-6,11H2,1-2H3,(H,24,26). The van der Waals surface area contributed by atoms with Crippen molar-refractivity contribution in [2.24, 2.45) is 0 Å². The van der Waals surface area contributed by atoms with E-state index in [0.29, 0.717) is 11.7 Å². The van der Waals surface area contributed by atoms with E-state index in [4.69, 9.17) is 0 Å². The first-order valence-electron chi connectivity index (χ1n) is 9.07. The number of hydrogen-bond donors (Lipinski definition) is 1. The van der Waals surface area contributed by atoms with Gasteiger partial charge in [-0.3, -0.25) is 4.79 Å². The van der Waals surface area contributed by atoms with Crippen molar-refractivity contribution in [3.63, 3.8) is 0 Å². The van der Waals surface area contributed by atoms with Gasteiger partial charge in [-0.25, -0.2) is 4.98 Å². The Morgan fingerprint density at radius 2 is 1.89 bits per heavy atom. The molecule has 1 N–H and O–H groups in total. The van der Waals surface area contributed by atoms with Crippen molar-refractivity contribution in [1.82, 2.24) is 9.55 Å². The first kappa shape index (κ1) is 20.6. The quantitative estimate of drug-likeness (QED) is 0.658. The predicted molar refractivity (Wildman–Crippen MR) is 102 cm³/mol. The fourth-order valence-electron chi connectivity index (χ4n) is 3.36. The minimum absolute atomic E-state index is 0.170. The molecule has 1 aromatic carbocycles. The van der Waals surface area contributed by atoms with Gasteiger partial charge in [-0.05, 0) is 51.0 Å². The zero-order valence-corrected chi connectivity index (χ0v) is 16.5. The number of nitrogens with zero attached hydrogens (tertiary/aromatic N) is 2. The van der Waals surface area contributed by atoms with Crippen LogP contribution in [0.15, 0.2) is 29.4 Å². The number of aryl methyl sites for hydroxylation is 1. The number of thioether (sulfide) groups is 1. The van der Waals surface area contributed by atoms with Crippen LogP contribution in [0.5, 0.6) is 5.75 Å². The molecule has 1 amide bonds. The molecule has 0 bridgehead atoms. The summed E-state index contributed by atoms with van der Waals surface area (Å²) >= 11 is 1.37. The van der Waals surface area contributed by atoms with Crippen LogP contribution in [-0.4, -0.2) is 27.6 Å². The summed E-state index contributed by atoms with van der Waals surface area (Å²) in [5, 5.41) is 3.52. The molecule has 28 heavy (non-hydrogen) atoms. The number of ether oxygens (including phenoxy) is 1. The van der Waals surface area contributed by atoms with E-state index in [1.807, 2.05) is 6.92 Å². The summed E-state index contributed by atoms with van der Waals surface area (Å²) in [6.07, 6.45) is -0.0651. The van der Waals surface area contributed by atoms with Crippen LogP contribution in [0.25, 0.3) is 0 Å². The van der Waals surface area contributed by atoms with E-state index in [2.05, 4.69) is 26.5 Å². The van der Waals surface area contributed by atoms with Crippen molar-refractivity contribution in [3.05, 3.63) is 35.7 Å². The third-order valence-corrected chi connectivity index (χ3v) is 5.70. The van der Waals surface area contributed by atoms with Crippen LogP contribution in [0.3, 0.4) is 0 Å². The van der Waals surface area contributed by atoms with E-state index in [1.165, 1.54) is 36.7 Å². The fourth-order valence-corrected chi connectivity index (χ4v) is 4.32. The highest BCUT2D eigenvalue weighted by Gasteiger charge is 2.31. The fraction of sp³-hybridized carbons (Fsp3) is 0.474. The molecule has 1 aromatic heterocycles. The lowest BCUT2D eigenvalue weighted by Crippen LogP contribution is -2.17. The Bertz CT molecular complexity index is 828. The topological polar surface area (TPSA) is 56.1 Å². The number of amides is 1. The van der Waals surface area contributed by atoms with Crippen LogP contribution in [0.1, 0.15) is 43.1 Å². The second-order valence-electron chi connectivity index (χ2n) is 6.78.